The van der Waals surface area contributed by atoms with Crippen molar-refractivity contribution in [3.63, 3.8) is 0 Å². The predicted octanol–water partition coefficient (Wildman–Crippen LogP) is 4.66. The number of hydrogen-bond acceptors (Lipinski definition) is 5. The third-order valence-corrected chi connectivity index (χ3v) is 6.05. The molecule has 0 radical (unpaired) electrons. The van der Waals surface area contributed by atoms with Crippen molar-refractivity contribution in [3.8, 4) is 5.75 Å². The Morgan fingerprint density at radius 1 is 1.18 bits per heavy atom. The number of hydrogen-bond donors (Lipinski definition) is 0. The van der Waals surface area contributed by atoms with E-state index >= 15 is 0 Å². The van der Waals surface area contributed by atoms with Gasteiger partial charge in [0.05, 0.1) is 13.7 Å². The summed E-state index contributed by atoms with van der Waals surface area (Å²) in [5.41, 5.74) is 3.11. The maximum absolute atomic E-state index is 13.0. The zero-order chi connectivity index (χ0) is 19.9. The molecule has 150 valence electrons. The summed E-state index contributed by atoms with van der Waals surface area (Å²) in [5, 5.41) is 0. The Morgan fingerprint density at radius 3 is 2.64 bits per heavy atom. The highest BCUT2D eigenvalue weighted by atomic mass is 32.2. The number of carbonyl (C=O) groups excluding carboxylic acids is 1. The van der Waals surface area contributed by atoms with Gasteiger partial charge >= 0.3 is 0 Å². The maximum atomic E-state index is 13.0. The van der Waals surface area contributed by atoms with Crippen molar-refractivity contribution in [2.24, 2.45) is 5.92 Å². The first kappa shape index (κ1) is 20.9. The summed E-state index contributed by atoms with van der Waals surface area (Å²) in [4.78, 5) is 16.5. The smallest absolute Gasteiger partial charge is 0.167 e. The molecule has 0 bridgehead atoms. The van der Waals surface area contributed by atoms with Gasteiger partial charge in [0.1, 0.15) is 5.75 Å². The number of thioether (sulfide) groups is 1. The van der Waals surface area contributed by atoms with Crippen molar-refractivity contribution in [2.75, 3.05) is 33.6 Å². The number of rotatable bonds is 8. The molecule has 28 heavy (non-hydrogen) atoms. The normalized spacial score (nSPS) is 17.5. The number of Topliss-reactive ketones (excluding diaryl/α,β-unsaturated/α-hetero) is 1. The molecule has 1 atom stereocenters. The minimum absolute atomic E-state index is 0.0746. The summed E-state index contributed by atoms with van der Waals surface area (Å²) in [5.74, 6) is 1.20. The predicted molar refractivity (Wildman–Crippen MR) is 114 cm³/mol. The fraction of sp³-hybridized carbons (Fsp3) is 0.435. The molecule has 2 aromatic carbocycles. The molecule has 1 heterocycles. The van der Waals surface area contributed by atoms with Crippen LogP contribution >= 0.6 is 11.8 Å². The molecule has 1 aliphatic rings. The highest BCUT2D eigenvalue weighted by molar-refractivity contribution is 7.98. The second-order valence-electron chi connectivity index (χ2n) is 7.25. The molecule has 0 aromatic heterocycles. The lowest BCUT2D eigenvalue weighted by Gasteiger charge is -2.32. The Labute approximate surface area is 172 Å². The van der Waals surface area contributed by atoms with Gasteiger partial charge in [0.15, 0.2) is 5.78 Å². The average Bonchev–Trinajstić information content (AvgIpc) is 2.74. The first-order chi connectivity index (χ1) is 13.6. The Balaban J connectivity index is 1.66. The number of likely N-dealkylation sites (tertiary alicyclic amines) is 1. The van der Waals surface area contributed by atoms with Gasteiger partial charge in [-0.1, -0.05) is 18.2 Å². The Morgan fingerprint density at radius 2 is 1.96 bits per heavy atom. The number of methoxy groups -OCH3 is 2. The van der Waals surface area contributed by atoms with Crippen LogP contribution in [-0.2, 0) is 17.9 Å². The summed E-state index contributed by atoms with van der Waals surface area (Å²) in [6.07, 6.45) is 4.07. The topological polar surface area (TPSA) is 38.8 Å². The van der Waals surface area contributed by atoms with Gasteiger partial charge in [-0.3, -0.25) is 9.69 Å². The van der Waals surface area contributed by atoms with E-state index in [-0.39, 0.29) is 11.7 Å². The third-order valence-electron chi connectivity index (χ3n) is 5.30. The summed E-state index contributed by atoms with van der Waals surface area (Å²) >= 11 is 1.70. The number of piperidine rings is 1. The first-order valence-corrected chi connectivity index (χ1v) is 10.9. The van der Waals surface area contributed by atoms with E-state index in [1.165, 1.54) is 10.5 Å². The number of carbonyl (C=O) groups is 1. The quantitative estimate of drug-likeness (QED) is 0.477. The molecule has 0 saturated carbocycles. The molecular formula is C23H29NO3S. The van der Waals surface area contributed by atoms with Crippen molar-refractivity contribution in [1.29, 1.82) is 0 Å². The van der Waals surface area contributed by atoms with Gasteiger partial charge in [-0.25, -0.2) is 0 Å². The molecule has 0 spiro atoms. The lowest BCUT2D eigenvalue weighted by molar-refractivity contribution is 0.0811. The van der Waals surface area contributed by atoms with Gasteiger partial charge < -0.3 is 9.47 Å². The highest BCUT2D eigenvalue weighted by Gasteiger charge is 2.26. The largest absolute Gasteiger partial charge is 0.496 e. The fourth-order valence-electron chi connectivity index (χ4n) is 3.86. The second kappa shape index (κ2) is 10.1. The van der Waals surface area contributed by atoms with E-state index in [9.17, 15) is 4.79 Å². The van der Waals surface area contributed by atoms with Gasteiger partial charge in [0.25, 0.3) is 0 Å². The van der Waals surface area contributed by atoms with Gasteiger partial charge in [-0.2, -0.15) is 0 Å². The van der Waals surface area contributed by atoms with Crippen molar-refractivity contribution in [3.05, 3.63) is 59.2 Å². The van der Waals surface area contributed by atoms with Gasteiger partial charge in [0, 0.05) is 42.1 Å². The van der Waals surface area contributed by atoms with Gasteiger partial charge in [-0.05, 0) is 55.5 Å². The number of ether oxygens (including phenoxy) is 2. The van der Waals surface area contributed by atoms with Crippen LogP contribution in [0.2, 0.25) is 0 Å². The van der Waals surface area contributed by atoms with Crippen LogP contribution in [0.1, 0.15) is 34.3 Å². The molecule has 0 aliphatic carbocycles. The molecule has 5 heteroatoms. The molecule has 1 fully saturated rings. The maximum Gasteiger partial charge on any atom is 0.167 e. The molecule has 0 amide bonds. The van der Waals surface area contributed by atoms with Gasteiger partial charge in [-0.15, -0.1) is 11.8 Å². The lowest BCUT2D eigenvalue weighted by atomic mass is 9.90. The molecule has 1 saturated heterocycles. The monoisotopic (exact) mass is 399 g/mol. The van der Waals surface area contributed by atoms with Crippen molar-refractivity contribution < 1.29 is 14.3 Å². The van der Waals surface area contributed by atoms with E-state index in [0.29, 0.717) is 6.61 Å². The Hall–Kier alpha value is -1.82. The summed E-state index contributed by atoms with van der Waals surface area (Å²) < 4.78 is 10.7. The van der Waals surface area contributed by atoms with Crippen LogP contribution in [0.3, 0.4) is 0 Å². The van der Waals surface area contributed by atoms with Crippen LogP contribution in [0.25, 0.3) is 0 Å². The second-order valence-corrected chi connectivity index (χ2v) is 8.13. The molecule has 0 unspecified atom stereocenters. The molecule has 1 aliphatic heterocycles. The van der Waals surface area contributed by atoms with Crippen LogP contribution in [0, 0.1) is 5.92 Å². The Kier molecular flexibility index (Phi) is 7.54. The van der Waals surface area contributed by atoms with Crippen molar-refractivity contribution in [1.82, 2.24) is 4.90 Å². The van der Waals surface area contributed by atoms with Gasteiger partial charge in [0.2, 0.25) is 0 Å². The summed E-state index contributed by atoms with van der Waals surface area (Å²) in [6.45, 7) is 3.22. The van der Waals surface area contributed by atoms with Crippen LogP contribution < -0.4 is 4.74 Å². The molecule has 4 nitrogen and oxygen atoms in total. The molecule has 2 aromatic rings. The van der Waals surface area contributed by atoms with E-state index in [1.807, 2.05) is 36.6 Å². The fourth-order valence-corrected chi connectivity index (χ4v) is 4.27. The highest BCUT2D eigenvalue weighted by Crippen LogP contribution is 2.26. The van der Waals surface area contributed by atoms with Crippen LogP contribution in [0.5, 0.6) is 5.75 Å². The summed E-state index contributed by atoms with van der Waals surface area (Å²) in [7, 11) is 3.37. The Bertz CT molecular complexity index is 791. The zero-order valence-electron chi connectivity index (χ0n) is 16.9. The van der Waals surface area contributed by atoms with E-state index in [2.05, 4.69) is 17.0 Å². The molecule has 0 N–H and O–H groups in total. The SMILES string of the molecule is COCc1cc(CN2CCC[C@@H](C(=O)c3ccc(SC)cc3)C2)ccc1OC. The number of benzene rings is 2. The van der Waals surface area contributed by atoms with Crippen LogP contribution in [-0.4, -0.2) is 44.2 Å². The van der Waals surface area contributed by atoms with Crippen LogP contribution in [0.4, 0.5) is 0 Å². The standard InChI is InChI=1S/C23H29NO3S/c1-26-16-20-13-17(6-11-22(20)27-2)14-24-12-4-5-19(15-24)23(25)18-7-9-21(28-3)10-8-18/h6-11,13,19H,4-5,12,14-16H2,1-3H3/t19-/m1/s1. The summed E-state index contributed by atoms with van der Waals surface area (Å²) in [6, 6.07) is 14.3. The number of ketones is 1. The van der Waals surface area contributed by atoms with Crippen molar-refractivity contribution in [2.45, 2.75) is 30.9 Å². The van der Waals surface area contributed by atoms with E-state index in [0.717, 1.165) is 49.4 Å². The zero-order valence-corrected chi connectivity index (χ0v) is 17.8. The minimum atomic E-state index is 0.0746. The molecule has 3 rings (SSSR count). The minimum Gasteiger partial charge on any atom is -0.496 e. The van der Waals surface area contributed by atoms with E-state index < -0.39 is 0 Å². The third kappa shape index (κ3) is 5.16. The number of nitrogens with zero attached hydrogens (tertiary/aromatic N) is 1. The average molecular weight is 400 g/mol. The first-order valence-electron chi connectivity index (χ1n) is 9.70. The van der Waals surface area contributed by atoms with E-state index in [1.54, 1.807) is 26.0 Å². The van der Waals surface area contributed by atoms with E-state index in [4.69, 9.17) is 9.47 Å². The van der Waals surface area contributed by atoms with Crippen LogP contribution in [0.15, 0.2) is 47.4 Å². The van der Waals surface area contributed by atoms with Crippen molar-refractivity contribution >= 4 is 17.5 Å². The lowest BCUT2D eigenvalue weighted by Crippen LogP contribution is -2.38. The molecular weight excluding hydrogens is 370 g/mol.